The Balaban J connectivity index is 1.81. The number of hydrogen-bond donors (Lipinski definition) is 1. The Morgan fingerprint density at radius 3 is 2.21 bits per heavy atom. The van der Waals surface area contributed by atoms with Crippen molar-refractivity contribution >= 4 is 41.4 Å². The van der Waals surface area contributed by atoms with Gasteiger partial charge in [0.25, 0.3) is 0 Å². The Hall–Kier alpha value is -2.61. The third-order valence-corrected chi connectivity index (χ3v) is 5.59. The van der Waals surface area contributed by atoms with Gasteiger partial charge in [0.05, 0.1) is 0 Å². The summed E-state index contributed by atoms with van der Waals surface area (Å²) in [7, 11) is 0. The van der Waals surface area contributed by atoms with Gasteiger partial charge in [0.2, 0.25) is 0 Å². The van der Waals surface area contributed by atoms with Gasteiger partial charge < -0.3 is 0 Å². The number of allylic oxidation sites excluding steroid dienone is 1. The van der Waals surface area contributed by atoms with Crippen molar-refractivity contribution in [1.82, 2.24) is 0 Å². The van der Waals surface area contributed by atoms with E-state index in [1.54, 1.807) is 6.08 Å². The van der Waals surface area contributed by atoms with E-state index in [2.05, 4.69) is 12.1 Å². The van der Waals surface area contributed by atoms with E-state index in [0.29, 0.717) is 11.3 Å². The molecule has 3 heteroatoms. The van der Waals surface area contributed by atoms with Crippen LogP contribution < -0.4 is 14.7 Å². The third-order valence-electron chi connectivity index (χ3n) is 3.50. The van der Waals surface area contributed by atoms with Crippen molar-refractivity contribution in [3.05, 3.63) is 96.1 Å². The quantitative estimate of drug-likeness (QED) is 0.321. The van der Waals surface area contributed by atoms with Crippen LogP contribution in [0.2, 0.25) is 0 Å². The normalized spacial score (nSPS) is 10.8. The monoisotopic (exact) mass is 379 g/mol. The summed E-state index contributed by atoms with van der Waals surface area (Å²) in [6, 6.07) is 25.8. The first-order valence-electron chi connectivity index (χ1n) is 7.62. The predicted octanol–water partition coefficient (Wildman–Crippen LogP) is 2.82. The molecule has 3 aromatic carbocycles. The maximum atomic E-state index is 12.5. The number of rotatable bonds is 5. The molecule has 0 aromatic heterocycles. The zero-order valence-corrected chi connectivity index (χ0v) is 14.8. The topological polar surface area (TPSA) is 43.1 Å². The van der Waals surface area contributed by atoms with E-state index < -0.39 is 0 Å². The van der Waals surface area contributed by atoms with Crippen LogP contribution in [-0.4, -0.2) is 20.7 Å². The molecule has 0 fully saturated rings. The molecular formula is C21H17NOSe. The standard InChI is InChI=1S/C21H17NOSe/c22-20-13-12-18(24-17-9-5-2-6-10-17)15-19(20)21(23)14-11-16-7-3-1-4-8-16/h1-15H,22H2/b14-11+. The number of carbonyl (C=O) groups excluding carboxylic acids is 1. The molecule has 0 aliphatic rings. The summed E-state index contributed by atoms with van der Waals surface area (Å²) >= 11 is 0.160. The second-order valence-corrected chi connectivity index (χ2v) is 7.68. The zero-order chi connectivity index (χ0) is 16.8. The summed E-state index contributed by atoms with van der Waals surface area (Å²) in [4.78, 5) is 12.5. The van der Waals surface area contributed by atoms with Gasteiger partial charge in [0, 0.05) is 0 Å². The SMILES string of the molecule is Nc1ccc([Se]c2ccccc2)cc1C(=O)/C=C/c1ccccc1. The van der Waals surface area contributed by atoms with Crippen molar-refractivity contribution in [1.29, 1.82) is 0 Å². The molecule has 0 atom stereocenters. The fourth-order valence-corrected chi connectivity index (χ4v) is 4.11. The van der Waals surface area contributed by atoms with Crippen LogP contribution in [0.5, 0.6) is 0 Å². The number of anilines is 1. The second kappa shape index (κ2) is 7.78. The molecule has 24 heavy (non-hydrogen) atoms. The molecule has 0 aliphatic heterocycles. The van der Waals surface area contributed by atoms with Crippen LogP contribution in [0, 0.1) is 0 Å². The van der Waals surface area contributed by atoms with Crippen LogP contribution in [-0.2, 0) is 0 Å². The molecule has 2 nitrogen and oxygen atoms in total. The summed E-state index contributed by atoms with van der Waals surface area (Å²) in [6.07, 6.45) is 3.40. The van der Waals surface area contributed by atoms with Gasteiger partial charge in [-0.2, -0.15) is 0 Å². The van der Waals surface area contributed by atoms with Gasteiger partial charge in [-0.25, -0.2) is 0 Å². The van der Waals surface area contributed by atoms with Crippen LogP contribution in [0.15, 0.2) is 84.9 Å². The molecule has 0 aliphatic carbocycles. The van der Waals surface area contributed by atoms with Crippen LogP contribution in [0.3, 0.4) is 0 Å². The van der Waals surface area contributed by atoms with Crippen molar-refractivity contribution in [3.8, 4) is 0 Å². The van der Waals surface area contributed by atoms with Gasteiger partial charge in [-0.1, -0.05) is 0 Å². The third kappa shape index (κ3) is 4.23. The van der Waals surface area contributed by atoms with Crippen molar-refractivity contribution in [2.45, 2.75) is 0 Å². The minimum absolute atomic E-state index is 0.0675. The summed E-state index contributed by atoms with van der Waals surface area (Å²) in [5.41, 5.74) is 8.09. The van der Waals surface area contributed by atoms with E-state index in [1.165, 1.54) is 4.46 Å². The molecule has 0 unspecified atom stereocenters. The molecule has 0 spiro atoms. The number of carbonyl (C=O) groups is 1. The number of benzene rings is 3. The van der Waals surface area contributed by atoms with Gasteiger partial charge >= 0.3 is 148 Å². The summed E-state index contributed by atoms with van der Waals surface area (Å²) in [5, 5.41) is 0. The van der Waals surface area contributed by atoms with E-state index in [0.717, 1.165) is 10.0 Å². The van der Waals surface area contributed by atoms with Gasteiger partial charge in [-0.3, -0.25) is 0 Å². The number of ketones is 1. The first kappa shape index (κ1) is 16.3. The van der Waals surface area contributed by atoms with Crippen molar-refractivity contribution < 1.29 is 4.79 Å². The van der Waals surface area contributed by atoms with Crippen LogP contribution >= 0.6 is 0 Å². The molecule has 0 amide bonds. The predicted molar refractivity (Wildman–Crippen MR) is 102 cm³/mol. The van der Waals surface area contributed by atoms with Crippen LogP contribution in [0.1, 0.15) is 15.9 Å². The molecule has 0 radical (unpaired) electrons. The molecule has 2 N–H and O–H groups in total. The molecular weight excluding hydrogens is 361 g/mol. The van der Waals surface area contributed by atoms with Gasteiger partial charge in [-0.15, -0.1) is 0 Å². The molecule has 0 saturated heterocycles. The first-order valence-corrected chi connectivity index (χ1v) is 9.33. The Kier molecular flexibility index (Phi) is 5.27. The van der Waals surface area contributed by atoms with Crippen molar-refractivity contribution in [2.24, 2.45) is 0 Å². The Morgan fingerprint density at radius 2 is 1.50 bits per heavy atom. The van der Waals surface area contributed by atoms with E-state index in [4.69, 9.17) is 5.73 Å². The molecule has 0 heterocycles. The summed E-state index contributed by atoms with van der Waals surface area (Å²) < 4.78 is 2.41. The Labute approximate surface area is 148 Å². The molecule has 3 aromatic rings. The van der Waals surface area contributed by atoms with E-state index in [-0.39, 0.29) is 20.7 Å². The zero-order valence-electron chi connectivity index (χ0n) is 13.1. The van der Waals surface area contributed by atoms with Gasteiger partial charge in [0.1, 0.15) is 0 Å². The van der Waals surface area contributed by atoms with Crippen LogP contribution in [0.4, 0.5) is 5.69 Å². The Bertz CT molecular complexity index is 858. The van der Waals surface area contributed by atoms with Crippen LogP contribution in [0.25, 0.3) is 6.08 Å². The second-order valence-electron chi connectivity index (χ2n) is 5.27. The summed E-state index contributed by atoms with van der Waals surface area (Å²) in [5.74, 6) is -0.0675. The Morgan fingerprint density at radius 1 is 0.833 bits per heavy atom. The average molecular weight is 378 g/mol. The fraction of sp³-hybridized carbons (Fsp3) is 0. The first-order chi connectivity index (χ1) is 11.7. The molecule has 118 valence electrons. The summed E-state index contributed by atoms with van der Waals surface area (Å²) in [6.45, 7) is 0. The molecule has 0 bridgehead atoms. The fourth-order valence-electron chi connectivity index (χ4n) is 2.26. The molecule has 0 saturated carbocycles. The van der Waals surface area contributed by atoms with E-state index in [9.17, 15) is 4.79 Å². The van der Waals surface area contributed by atoms with Crippen molar-refractivity contribution in [3.63, 3.8) is 0 Å². The molecule has 3 rings (SSSR count). The van der Waals surface area contributed by atoms with Crippen molar-refractivity contribution in [2.75, 3.05) is 5.73 Å². The van der Waals surface area contributed by atoms with E-state index >= 15 is 0 Å². The van der Waals surface area contributed by atoms with Gasteiger partial charge in [0.15, 0.2) is 0 Å². The van der Waals surface area contributed by atoms with E-state index in [1.807, 2.05) is 72.8 Å². The number of hydrogen-bond acceptors (Lipinski definition) is 2. The minimum atomic E-state index is -0.0675. The maximum absolute atomic E-state index is 12.5. The number of nitrogen functional groups attached to an aromatic ring is 1. The van der Waals surface area contributed by atoms with Gasteiger partial charge in [-0.05, 0) is 0 Å². The number of nitrogens with two attached hydrogens (primary N) is 1. The average Bonchev–Trinajstić information content (AvgIpc) is 2.63.